The first-order chi connectivity index (χ1) is 17.1. The van der Waals surface area contributed by atoms with E-state index >= 15 is 0 Å². The number of rotatable bonds is 5. The Morgan fingerprint density at radius 1 is 1.11 bits per heavy atom. The van der Waals surface area contributed by atoms with Gasteiger partial charge in [-0.3, -0.25) is 4.98 Å². The first-order valence-electron chi connectivity index (χ1n) is 13.1. The van der Waals surface area contributed by atoms with Crippen molar-refractivity contribution in [3.05, 3.63) is 30.1 Å². The molecule has 3 aromatic heterocycles. The molecule has 198 valence electrons. The number of anilines is 2. The molecule has 0 radical (unpaired) electrons. The van der Waals surface area contributed by atoms with Crippen LogP contribution in [0.4, 0.5) is 17.5 Å². The number of fused-ring (bicyclic) bond motifs is 1. The van der Waals surface area contributed by atoms with Gasteiger partial charge in [-0.15, -0.1) is 5.10 Å². The second-order valence-corrected chi connectivity index (χ2v) is 9.76. The van der Waals surface area contributed by atoms with Crippen molar-refractivity contribution >= 4 is 23.0 Å². The Hall–Kier alpha value is -3.07. The molecule has 1 fully saturated rings. The predicted octanol–water partition coefficient (Wildman–Crippen LogP) is 6.72. The van der Waals surface area contributed by atoms with Crippen molar-refractivity contribution in [1.82, 2.24) is 19.6 Å². The number of azo groups is 1. The predicted molar refractivity (Wildman–Crippen MR) is 149 cm³/mol. The summed E-state index contributed by atoms with van der Waals surface area (Å²) in [5.74, 6) is 0.869. The summed E-state index contributed by atoms with van der Waals surface area (Å²) in [6, 6.07) is 5.94. The van der Waals surface area contributed by atoms with Crippen LogP contribution in [0, 0.1) is 6.92 Å². The molecule has 0 saturated heterocycles. The van der Waals surface area contributed by atoms with Crippen LogP contribution in [0.1, 0.15) is 85.3 Å². The third kappa shape index (κ3) is 8.55. The van der Waals surface area contributed by atoms with Gasteiger partial charge in [-0.25, -0.2) is 4.52 Å². The van der Waals surface area contributed by atoms with E-state index in [0.29, 0.717) is 5.82 Å². The topological polar surface area (TPSA) is 126 Å². The van der Waals surface area contributed by atoms with Crippen molar-refractivity contribution in [1.29, 1.82) is 0 Å². The standard InChI is InChI=1S/C16H20N8.C7H14O.C4H10/c1-9(2)21-22-12-5-6-13(19-10(12)3)11-7-8-24-14(11)15(18-4)20-16(17)23-24;1-7(8)5-3-2-4-6-7;1-3-4-2/h5-9H,1-4H3,(H3,17,18,20,23);8H,2-6H2,1H3;3-4H2,1-2H3. The smallest absolute Gasteiger partial charge is 0.240 e. The van der Waals surface area contributed by atoms with E-state index in [-0.39, 0.29) is 17.6 Å². The van der Waals surface area contributed by atoms with Gasteiger partial charge in [-0.1, -0.05) is 46.0 Å². The number of nitrogens with one attached hydrogen (secondary N) is 1. The minimum atomic E-state index is -0.321. The maximum absolute atomic E-state index is 9.37. The van der Waals surface area contributed by atoms with Crippen LogP contribution in [-0.4, -0.2) is 43.4 Å². The fourth-order valence-corrected chi connectivity index (χ4v) is 3.72. The molecule has 0 aromatic carbocycles. The molecule has 36 heavy (non-hydrogen) atoms. The Morgan fingerprint density at radius 3 is 2.28 bits per heavy atom. The summed E-state index contributed by atoms with van der Waals surface area (Å²) in [6.45, 7) is 12.2. The van der Waals surface area contributed by atoms with E-state index < -0.39 is 0 Å². The van der Waals surface area contributed by atoms with Gasteiger partial charge in [-0.2, -0.15) is 15.2 Å². The fraction of sp³-hybridized carbons (Fsp3) is 0.593. The molecule has 9 nitrogen and oxygen atoms in total. The van der Waals surface area contributed by atoms with Gasteiger partial charge in [-0.05, 0) is 58.7 Å². The summed E-state index contributed by atoms with van der Waals surface area (Å²) < 4.78 is 1.70. The number of nitrogens with zero attached hydrogens (tertiary/aromatic N) is 6. The highest BCUT2D eigenvalue weighted by Crippen LogP contribution is 2.30. The zero-order chi connectivity index (χ0) is 26.7. The van der Waals surface area contributed by atoms with Crippen LogP contribution < -0.4 is 11.1 Å². The Balaban J connectivity index is 0.000000314. The van der Waals surface area contributed by atoms with Crippen LogP contribution in [0.5, 0.6) is 0 Å². The van der Waals surface area contributed by atoms with E-state index in [1.807, 2.05) is 52.1 Å². The molecule has 9 heteroatoms. The van der Waals surface area contributed by atoms with E-state index in [2.05, 4.69) is 44.5 Å². The van der Waals surface area contributed by atoms with Crippen molar-refractivity contribution < 1.29 is 5.11 Å². The lowest BCUT2D eigenvalue weighted by molar-refractivity contribution is 0.0225. The largest absolute Gasteiger partial charge is 0.390 e. The lowest BCUT2D eigenvalue weighted by Crippen LogP contribution is -2.26. The molecule has 0 bridgehead atoms. The van der Waals surface area contributed by atoms with Crippen molar-refractivity contribution in [2.75, 3.05) is 18.1 Å². The molecule has 0 amide bonds. The number of nitrogen functional groups attached to an aromatic ring is 1. The van der Waals surface area contributed by atoms with Crippen molar-refractivity contribution in [2.24, 2.45) is 10.2 Å². The summed E-state index contributed by atoms with van der Waals surface area (Å²) in [5.41, 5.74) is 9.57. The van der Waals surface area contributed by atoms with Gasteiger partial charge in [0.05, 0.1) is 23.0 Å². The summed E-state index contributed by atoms with van der Waals surface area (Å²) >= 11 is 0. The number of pyridine rings is 1. The van der Waals surface area contributed by atoms with E-state index in [1.54, 1.807) is 11.6 Å². The van der Waals surface area contributed by atoms with Crippen molar-refractivity contribution in [3.8, 4) is 11.3 Å². The molecular weight excluding hydrogens is 452 g/mol. The maximum atomic E-state index is 9.37. The van der Waals surface area contributed by atoms with Gasteiger partial charge in [0.25, 0.3) is 0 Å². The van der Waals surface area contributed by atoms with Crippen molar-refractivity contribution in [2.45, 2.75) is 98.1 Å². The SMILES string of the molecule is CC1(O)CCCCC1.CCCC.CNc1nc(N)nn2ccc(-c3ccc(N=NC(C)C)c(C)n3)c12. The third-order valence-electron chi connectivity index (χ3n) is 5.93. The summed E-state index contributed by atoms with van der Waals surface area (Å²) in [4.78, 5) is 8.90. The van der Waals surface area contributed by atoms with Gasteiger partial charge in [0.1, 0.15) is 11.2 Å². The van der Waals surface area contributed by atoms with E-state index in [9.17, 15) is 5.11 Å². The lowest BCUT2D eigenvalue weighted by atomic mass is 9.87. The average molecular weight is 497 g/mol. The number of hydrogen-bond donors (Lipinski definition) is 3. The number of hydrogen-bond acceptors (Lipinski definition) is 8. The molecule has 4 rings (SSSR count). The number of nitrogens with two attached hydrogens (primary N) is 1. The van der Waals surface area contributed by atoms with Crippen LogP contribution in [-0.2, 0) is 0 Å². The molecule has 1 aliphatic carbocycles. The summed E-state index contributed by atoms with van der Waals surface area (Å²) in [7, 11) is 1.80. The van der Waals surface area contributed by atoms with Crippen LogP contribution in [0.3, 0.4) is 0 Å². The molecule has 0 atom stereocenters. The summed E-state index contributed by atoms with van der Waals surface area (Å²) in [6.07, 6.45) is 10.2. The Morgan fingerprint density at radius 2 is 1.78 bits per heavy atom. The molecule has 3 heterocycles. The number of aryl methyl sites for hydroxylation is 1. The fourth-order valence-electron chi connectivity index (χ4n) is 3.72. The molecular formula is C27H44N8O. The molecule has 1 saturated carbocycles. The molecule has 4 N–H and O–H groups in total. The molecule has 0 spiro atoms. The molecule has 1 aliphatic rings. The third-order valence-corrected chi connectivity index (χ3v) is 5.93. The van der Waals surface area contributed by atoms with Crippen LogP contribution in [0.15, 0.2) is 34.6 Å². The normalized spacial score (nSPS) is 14.8. The Bertz CT molecular complexity index is 1110. The highest BCUT2D eigenvalue weighted by atomic mass is 16.3. The van der Waals surface area contributed by atoms with Gasteiger partial charge < -0.3 is 16.2 Å². The molecule has 0 unspecified atom stereocenters. The van der Waals surface area contributed by atoms with Crippen LogP contribution in [0.2, 0.25) is 0 Å². The Kier molecular flexibility index (Phi) is 11.2. The van der Waals surface area contributed by atoms with Crippen molar-refractivity contribution in [3.63, 3.8) is 0 Å². The summed E-state index contributed by atoms with van der Waals surface area (Å²) in [5, 5.41) is 25.0. The highest BCUT2D eigenvalue weighted by Gasteiger charge is 2.22. The number of aliphatic hydroxyl groups is 1. The second kappa shape index (κ2) is 13.9. The van der Waals surface area contributed by atoms with E-state index in [0.717, 1.165) is 41.0 Å². The lowest BCUT2D eigenvalue weighted by Gasteiger charge is -2.27. The van der Waals surface area contributed by atoms with Crippen LogP contribution in [0.25, 0.3) is 16.8 Å². The highest BCUT2D eigenvalue weighted by molar-refractivity contribution is 5.87. The first kappa shape index (κ1) is 29.2. The van der Waals surface area contributed by atoms with E-state index in [4.69, 9.17) is 5.73 Å². The van der Waals surface area contributed by atoms with E-state index in [1.165, 1.54) is 32.1 Å². The minimum Gasteiger partial charge on any atom is -0.390 e. The van der Waals surface area contributed by atoms with Gasteiger partial charge in [0, 0.05) is 18.8 Å². The number of aromatic nitrogens is 4. The Labute approximate surface area is 215 Å². The average Bonchev–Trinajstić information content (AvgIpc) is 3.26. The quantitative estimate of drug-likeness (QED) is 0.336. The zero-order valence-corrected chi connectivity index (χ0v) is 23.0. The molecule has 0 aliphatic heterocycles. The monoisotopic (exact) mass is 496 g/mol. The zero-order valence-electron chi connectivity index (χ0n) is 23.0. The van der Waals surface area contributed by atoms with Gasteiger partial charge in [0.2, 0.25) is 5.95 Å². The van der Waals surface area contributed by atoms with Crippen LogP contribution >= 0.6 is 0 Å². The van der Waals surface area contributed by atoms with Gasteiger partial charge in [0.15, 0.2) is 5.82 Å². The molecule has 3 aromatic rings. The number of unbranched alkanes of at least 4 members (excludes halogenated alkanes) is 1. The maximum Gasteiger partial charge on any atom is 0.240 e. The second-order valence-electron chi connectivity index (χ2n) is 9.76. The minimum absolute atomic E-state index is 0.153. The van der Waals surface area contributed by atoms with Gasteiger partial charge >= 0.3 is 0 Å². The first-order valence-corrected chi connectivity index (χ1v) is 13.1.